The minimum absolute atomic E-state index is 0.611. The third-order valence-electron chi connectivity index (χ3n) is 3.25. The Morgan fingerprint density at radius 1 is 1.44 bits per heavy atom. The first-order valence-corrected chi connectivity index (χ1v) is 5.65. The molecule has 4 nitrogen and oxygen atoms in total. The summed E-state index contributed by atoms with van der Waals surface area (Å²) < 4.78 is 0. The maximum Gasteiger partial charge on any atom is 0.137 e. The van der Waals surface area contributed by atoms with E-state index in [-0.39, 0.29) is 0 Å². The van der Waals surface area contributed by atoms with E-state index in [1.54, 1.807) is 6.20 Å². The maximum atomic E-state index is 10.5. The van der Waals surface area contributed by atoms with Gasteiger partial charge in [-0.25, -0.2) is 4.98 Å². The van der Waals surface area contributed by atoms with Crippen molar-refractivity contribution in [1.29, 1.82) is 0 Å². The van der Waals surface area contributed by atoms with Crippen LogP contribution in [0.2, 0.25) is 0 Å². The molecule has 3 rings (SSSR count). The Hall–Kier alpha value is -1.39. The third kappa shape index (κ3) is 1.50. The van der Waals surface area contributed by atoms with Crippen LogP contribution in [0.4, 0.5) is 0 Å². The van der Waals surface area contributed by atoms with Gasteiger partial charge in [0.05, 0.1) is 5.69 Å². The van der Waals surface area contributed by atoms with Crippen LogP contribution in [0, 0.1) is 0 Å². The Kier molecular flexibility index (Phi) is 2.19. The first-order chi connectivity index (χ1) is 7.78. The van der Waals surface area contributed by atoms with Crippen molar-refractivity contribution in [2.75, 3.05) is 13.1 Å². The Morgan fingerprint density at radius 2 is 2.38 bits per heavy atom. The van der Waals surface area contributed by atoms with E-state index in [0.717, 1.165) is 36.1 Å². The van der Waals surface area contributed by atoms with E-state index in [9.17, 15) is 5.11 Å². The normalized spacial score (nSPS) is 26.1. The summed E-state index contributed by atoms with van der Waals surface area (Å²) in [5.74, 6) is 0. The highest BCUT2D eigenvalue weighted by Gasteiger charge is 2.32. The first-order valence-electron chi connectivity index (χ1n) is 5.65. The molecule has 3 heterocycles. The quantitative estimate of drug-likeness (QED) is 0.671. The van der Waals surface area contributed by atoms with Crippen LogP contribution in [-0.4, -0.2) is 28.2 Å². The Bertz CT molecular complexity index is 467. The van der Waals surface area contributed by atoms with Crippen molar-refractivity contribution >= 4 is 11.0 Å². The lowest BCUT2D eigenvalue weighted by atomic mass is 9.91. The number of piperidine rings is 1. The molecular formula is C12H15N3O. The number of hydrogen-bond acceptors (Lipinski definition) is 3. The molecule has 1 unspecified atom stereocenters. The highest BCUT2D eigenvalue weighted by atomic mass is 16.3. The molecule has 0 aromatic carbocycles. The molecule has 0 spiro atoms. The van der Waals surface area contributed by atoms with Crippen molar-refractivity contribution in [3.05, 3.63) is 30.1 Å². The zero-order valence-corrected chi connectivity index (χ0v) is 9.03. The Labute approximate surface area is 93.7 Å². The molecule has 84 valence electrons. The third-order valence-corrected chi connectivity index (χ3v) is 3.25. The maximum absolute atomic E-state index is 10.5. The molecule has 2 aromatic heterocycles. The van der Waals surface area contributed by atoms with Crippen molar-refractivity contribution < 1.29 is 5.11 Å². The molecule has 0 aliphatic carbocycles. The van der Waals surface area contributed by atoms with Crippen LogP contribution in [-0.2, 0) is 5.60 Å². The fourth-order valence-electron chi connectivity index (χ4n) is 2.33. The van der Waals surface area contributed by atoms with Gasteiger partial charge in [-0.15, -0.1) is 0 Å². The van der Waals surface area contributed by atoms with Gasteiger partial charge in [-0.3, -0.25) is 0 Å². The topological polar surface area (TPSA) is 60.9 Å². The van der Waals surface area contributed by atoms with Gasteiger partial charge in [-0.1, -0.05) is 0 Å². The summed E-state index contributed by atoms with van der Waals surface area (Å²) in [7, 11) is 0. The van der Waals surface area contributed by atoms with Crippen molar-refractivity contribution in [3.63, 3.8) is 0 Å². The van der Waals surface area contributed by atoms with E-state index in [1.807, 2.05) is 18.2 Å². The van der Waals surface area contributed by atoms with Crippen LogP contribution in [0.3, 0.4) is 0 Å². The van der Waals surface area contributed by atoms with Crippen LogP contribution in [0.25, 0.3) is 11.0 Å². The van der Waals surface area contributed by atoms with Gasteiger partial charge in [0.15, 0.2) is 0 Å². The summed E-state index contributed by atoms with van der Waals surface area (Å²) in [6.45, 7) is 1.60. The molecule has 0 saturated carbocycles. The minimum Gasteiger partial charge on any atom is -0.382 e. The number of β-amino-alcohol motifs (C(OH)–C–C–N with tert-alkyl or cyclic N) is 1. The number of aliphatic hydroxyl groups is 1. The summed E-state index contributed by atoms with van der Waals surface area (Å²) in [4.78, 5) is 7.45. The smallest absolute Gasteiger partial charge is 0.137 e. The van der Waals surface area contributed by atoms with Gasteiger partial charge in [0, 0.05) is 18.1 Å². The van der Waals surface area contributed by atoms with Gasteiger partial charge >= 0.3 is 0 Å². The molecule has 1 aliphatic rings. The van der Waals surface area contributed by atoms with Crippen LogP contribution >= 0.6 is 0 Å². The number of aromatic nitrogens is 2. The van der Waals surface area contributed by atoms with Crippen LogP contribution in [0.5, 0.6) is 0 Å². The lowest BCUT2D eigenvalue weighted by molar-refractivity contribution is 0.00889. The molecule has 0 radical (unpaired) electrons. The van der Waals surface area contributed by atoms with Crippen LogP contribution in [0.15, 0.2) is 24.4 Å². The van der Waals surface area contributed by atoms with E-state index in [0.29, 0.717) is 6.54 Å². The van der Waals surface area contributed by atoms with E-state index >= 15 is 0 Å². The molecule has 16 heavy (non-hydrogen) atoms. The minimum atomic E-state index is -0.765. The summed E-state index contributed by atoms with van der Waals surface area (Å²) in [5, 5.41) is 14.8. The average Bonchev–Trinajstić information content (AvgIpc) is 2.74. The van der Waals surface area contributed by atoms with Crippen molar-refractivity contribution in [1.82, 2.24) is 15.3 Å². The van der Waals surface area contributed by atoms with Gasteiger partial charge in [0.2, 0.25) is 0 Å². The molecule has 1 aliphatic heterocycles. The monoisotopic (exact) mass is 217 g/mol. The number of aromatic amines is 1. The summed E-state index contributed by atoms with van der Waals surface area (Å²) in [6, 6.07) is 5.90. The Balaban J connectivity index is 2.04. The zero-order chi connectivity index (χ0) is 11.0. The lowest BCUT2D eigenvalue weighted by Crippen LogP contribution is -2.43. The molecule has 1 saturated heterocycles. The molecule has 4 heteroatoms. The van der Waals surface area contributed by atoms with E-state index < -0.39 is 5.60 Å². The number of H-pyrrole nitrogens is 1. The van der Waals surface area contributed by atoms with Gasteiger partial charge in [0.25, 0.3) is 0 Å². The number of hydrogen-bond donors (Lipinski definition) is 3. The van der Waals surface area contributed by atoms with Crippen LogP contribution < -0.4 is 5.32 Å². The molecular weight excluding hydrogens is 202 g/mol. The number of nitrogens with zero attached hydrogens (tertiary/aromatic N) is 1. The van der Waals surface area contributed by atoms with Crippen LogP contribution in [0.1, 0.15) is 18.5 Å². The van der Waals surface area contributed by atoms with Crippen molar-refractivity contribution in [2.45, 2.75) is 18.4 Å². The highest BCUT2D eigenvalue weighted by molar-refractivity contribution is 5.76. The number of fused-ring (bicyclic) bond motifs is 1. The molecule has 1 atom stereocenters. The molecule has 0 bridgehead atoms. The fraction of sp³-hybridized carbons (Fsp3) is 0.417. The summed E-state index contributed by atoms with van der Waals surface area (Å²) >= 11 is 0. The summed E-state index contributed by atoms with van der Waals surface area (Å²) in [6.07, 6.45) is 3.55. The van der Waals surface area contributed by atoms with E-state index in [1.165, 1.54) is 0 Å². The predicted molar refractivity (Wildman–Crippen MR) is 62.1 cm³/mol. The average molecular weight is 217 g/mol. The fourth-order valence-corrected chi connectivity index (χ4v) is 2.33. The van der Waals surface area contributed by atoms with Gasteiger partial charge in [-0.2, -0.15) is 0 Å². The number of nitrogens with one attached hydrogen (secondary N) is 2. The number of pyridine rings is 1. The molecule has 3 N–H and O–H groups in total. The van der Waals surface area contributed by atoms with Gasteiger partial charge < -0.3 is 15.4 Å². The standard InChI is InChI=1S/C12H15N3O/c16-12(4-2-5-13-8-12)10-7-9-3-1-6-14-11(9)15-10/h1,3,6-7,13,16H,2,4-5,8H2,(H,14,15). The second kappa shape index (κ2) is 3.57. The van der Waals surface area contributed by atoms with Gasteiger partial charge in [-0.05, 0) is 37.6 Å². The highest BCUT2D eigenvalue weighted by Crippen LogP contribution is 2.29. The van der Waals surface area contributed by atoms with Crippen molar-refractivity contribution in [2.24, 2.45) is 0 Å². The van der Waals surface area contributed by atoms with Crippen molar-refractivity contribution in [3.8, 4) is 0 Å². The first kappa shape index (κ1) is 9.81. The largest absolute Gasteiger partial charge is 0.382 e. The molecule has 2 aromatic rings. The SMILES string of the molecule is OC1(c2cc3cccnc3[nH]2)CCCNC1. The van der Waals surface area contributed by atoms with E-state index in [2.05, 4.69) is 15.3 Å². The zero-order valence-electron chi connectivity index (χ0n) is 9.03. The van der Waals surface area contributed by atoms with E-state index in [4.69, 9.17) is 0 Å². The lowest BCUT2D eigenvalue weighted by Gasteiger charge is -2.31. The number of rotatable bonds is 1. The van der Waals surface area contributed by atoms with Gasteiger partial charge in [0.1, 0.15) is 11.2 Å². The second-order valence-corrected chi connectivity index (χ2v) is 4.44. The Morgan fingerprint density at radius 3 is 3.12 bits per heavy atom. The second-order valence-electron chi connectivity index (χ2n) is 4.44. The molecule has 1 fully saturated rings. The predicted octanol–water partition coefficient (Wildman–Crippen LogP) is 1.13. The molecule has 0 amide bonds. The summed E-state index contributed by atoms with van der Waals surface area (Å²) in [5.41, 5.74) is 0.948.